The van der Waals surface area contributed by atoms with Crippen molar-refractivity contribution in [2.24, 2.45) is 0 Å². The summed E-state index contributed by atoms with van der Waals surface area (Å²) in [6.07, 6.45) is 4.11. The van der Waals surface area contributed by atoms with Crippen LogP contribution in [0.4, 0.5) is 0 Å². The fourth-order valence-corrected chi connectivity index (χ4v) is 2.47. The average molecular weight is 297 g/mol. The minimum absolute atomic E-state index is 0.602. The lowest BCUT2D eigenvalue weighted by Gasteiger charge is -2.02. The van der Waals surface area contributed by atoms with Crippen LogP contribution in [0.2, 0.25) is 0 Å². The molecule has 0 aliphatic rings. The third-order valence-electron chi connectivity index (χ3n) is 1.29. The molecular formula is C10H16O2S4. The van der Waals surface area contributed by atoms with E-state index in [1.165, 1.54) is 23.5 Å². The number of thioether (sulfide) groups is 2. The van der Waals surface area contributed by atoms with E-state index in [-0.39, 0.29) is 0 Å². The molecule has 0 aliphatic carbocycles. The van der Waals surface area contributed by atoms with Crippen LogP contribution in [0.25, 0.3) is 0 Å². The largest absolute Gasteiger partial charge is 0.479 e. The molecule has 0 heterocycles. The Morgan fingerprint density at radius 2 is 1.31 bits per heavy atom. The molecule has 0 aromatic carbocycles. The first kappa shape index (κ1) is 16.2. The van der Waals surface area contributed by atoms with Gasteiger partial charge in [0, 0.05) is 11.5 Å². The Kier molecular flexibility index (Phi) is 11.9. The number of rotatable bonds is 6. The molecule has 0 atom stereocenters. The Bertz CT molecular complexity index is 217. The van der Waals surface area contributed by atoms with Gasteiger partial charge in [0.25, 0.3) is 0 Å². The minimum Gasteiger partial charge on any atom is -0.479 e. The summed E-state index contributed by atoms with van der Waals surface area (Å²) in [6, 6.07) is 0. The molecular weight excluding hydrogens is 280 g/mol. The van der Waals surface area contributed by atoms with E-state index >= 15 is 0 Å². The third kappa shape index (κ3) is 10.7. The maximum Gasteiger partial charge on any atom is 0.220 e. The zero-order valence-electron chi connectivity index (χ0n) is 9.43. The van der Waals surface area contributed by atoms with Crippen LogP contribution < -0.4 is 0 Å². The van der Waals surface area contributed by atoms with Gasteiger partial charge in [-0.1, -0.05) is 35.7 Å². The Hall–Kier alpha value is 0.220. The van der Waals surface area contributed by atoms with Crippen LogP contribution in [0.1, 0.15) is 13.8 Å². The second-order valence-corrected chi connectivity index (χ2v) is 5.70. The van der Waals surface area contributed by atoms with E-state index in [0.29, 0.717) is 22.0 Å². The van der Waals surface area contributed by atoms with Crippen LogP contribution >= 0.6 is 48.0 Å². The van der Waals surface area contributed by atoms with Crippen molar-refractivity contribution < 1.29 is 9.47 Å². The molecule has 0 unspecified atom stereocenters. The number of hydrogen-bond donors (Lipinski definition) is 0. The van der Waals surface area contributed by atoms with Gasteiger partial charge in [-0.15, -0.1) is 0 Å². The van der Waals surface area contributed by atoms with Crippen molar-refractivity contribution in [2.75, 3.05) is 24.7 Å². The second kappa shape index (κ2) is 11.7. The van der Waals surface area contributed by atoms with E-state index < -0.39 is 0 Å². The molecule has 16 heavy (non-hydrogen) atoms. The highest BCUT2D eigenvalue weighted by Gasteiger charge is 1.95. The Morgan fingerprint density at radius 1 is 0.938 bits per heavy atom. The summed E-state index contributed by atoms with van der Waals surface area (Å²) in [5.41, 5.74) is 0. The van der Waals surface area contributed by atoms with E-state index in [9.17, 15) is 0 Å². The van der Waals surface area contributed by atoms with Crippen molar-refractivity contribution >= 4 is 56.7 Å². The predicted molar refractivity (Wildman–Crippen MR) is 82.5 cm³/mol. The SMILES string of the molecule is CCOC(=S)SC/C=C/CSC(=S)OCC. The smallest absolute Gasteiger partial charge is 0.220 e. The Balaban J connectivity index is 3.41. The Labute approximate surface area is 117 Å². The van der Waals surface area contributed by atoms with E-state index in [2.05, 4.69) is 12.2 Å². The molecule has 0 aromatic heterocycles. The van der Waals surface area contributed by atoms with Crippen LogP contribution in [0.3, 0.4) is 0 Å². The van der Waals surface area contributed by atoms with Gasteiger partial charge in [-0.25, -0.2) is 0 Å². The molecule has 2 nitrogen and oxygen atoms in total. The molecule has 0 spiro atoms. The molecule has 0 saturated heterocycles. The van der Waals surface area contributed by atoms with Gasteiger partial charge in [0.15, 0.2) is 0 Å². The number of thiocarbonyl (C=S) groups is 2. The van der Waals surface area contributed by atoms with E-state index in [4.69, 9.17) is 33.9 Å². The lowest BCUT2D eigenvalue weighted by molar-refractivity contribution is 0.346. The van der Waals surface area contributed by atoms with Crippen LogP contribution in [0.5, 0.6) is 0 Å². The molecule has 0 aromatic rings. The molecule has 0 radical (unpaired) electrons. The van der Waals surface area contributed by atoms with E-state index in [1.807, 2.05) is 13.8 Å². The summed E-state index contributed by atoms with van der Waals surface area (Å²) in [4.78, 5) is 0. The maximum atomic E-state index is 5.13. The van der Waals surface area contributed by atoms with Crippen LogP contribution in [-0.2, 0) is 9.47 Å². The lowest BCUT2D eigenvalue weighted by atomic mass is 10.6. The molecule has 6 heteroatoms. The van der Waals surface area contributed by atoms with Crippen molar-refractivity contribution in [3.8, 4) is 0 Å². The zero-order chi connectivity index (χ0) is 12.2. The van der Waals surface area contributed by atoms with Gasteiger partial charge >= 0.3 is 0 Å². The highest BCUT2D eigenvalue weighted by molar-refractivity contribution is 8.23. The topological polar surface area (TPSA) is 18.5 Å². The first-order chi connectivity index (χ1) is 7.70. The molecule has 0 amide bonds. The van der Waals surface area contributed by atoms with Gasteiger partial charge in [-0.05, 0) is 38.3 Å². The van der Waals surface area contributed by atoms with E-state index in [0.717, 1.165) is 11.5 Å². The summed E-state index contributed by atoms with van der Waals surface area (Å²) in [5.74, 6) is 1.67. The van der Waals surface area contributed by atoms with Crippen LogP contribution in [-0.4, -0.2) is 33.5 Å². The zero-order valence-corrected chi connectivity index (χ0v) is 12.7. The van der Waals surface area contributed by atoms with Gasteiger partial charge < -0.3 is 9.47 Å². The quantitative estimate of drug-likeness (QED) is 0.546. The van der Waals surface area contributed by atoms with Gasteiger partial charge in [0.1, 0.15) is 0 Å². The first-order valence-corrected chi connectivity index (χ1v) is 7.73. The fraction of sp³-hybridized carbons (Fsp3) is 0.600. The molecule has 0 rings (SSSR count). The van der Waals surface area contributed by atoms with Crippen LogP contribution in [0, 0.1) is 0 Å². The monoisotopic (exact) mass is 296 g/mol. The Morgan fingerprint density at radius 3 is 1.62 bits per heavy atom. The van der Waals surface area contributed by atoms with Crippen molar-refractivity contribution in [1.82, 2.24) is 0 Å². The van der Waals surface area contributed by atoms with Crippen LogP contribution in [0.15, 0.2) is 12.2 Å². The summed E-state index contributed by atoms with van der Waals surface area (Å²) in [7, 11) is 0. The summed E-state index contributed by atoms with van der Waals surface area (Å²) >= 11 is 13.0. The van der Waals surface area contributed by atoms with Crippen molar-refractivity contribution in [1.29, 1.82) is 0 Å². The summed E-state index contributed by atoms with van der Waals surface area (Å²) < 4.78 is 11.5. The standard InChI is InChI=1S/C10H16O2S4/c1-3-11-9(13)15-7-5-6-8-16-10(14)12-4-2/h5-6H,3-4,7-8H2,1-2H3/b6-5+. The van der Waals surface area contributed by atoms with Crippen molar-refractivity contribution in [2.45, 2.75) is 13.8 Å². The third-order valence-corrected chi connectivity index (χ3v) is 3.65. The fourth-order valence-electron chi connectivity index (χ4n) is 0.687. The molecule has 0 saturated carbocycles. The molecule has 0 aliphatic heterocycles. The second-order valence-electron chi connectivity index (χ2n) is 2.46. The molecule has 0 fully saturated rings. The van der Waals surface area contributed by atoms with E-state index in [1.54, 1.807) is 0 Å². The van der Waals surface area contributed by atoms with Gasteiger partial charge in [-0.2, -0.15) is 0 Å². The molecule has 0 bridgehead atoms. The highest BCUT2D eigenvalue weighted by Crippen LogP contribution is 2.08. The summed E-state index contributed by atoms with van der Waals surface area (Å²) in [6.45, 7) is 5.12. The maximum absolute atomic E-state index is 5.13. The minimum atomic E-state index is 0.602. The van der Waals surface area contributed by atoms with Gasteiger partial charge in [0.2, 0.25) is 8.77 Å². The first-order valence-electron chi connectivity index (χ1n) is 4.94. The number of hydrogen-bond acceptors (Lipinski definition) is 6. The van der Waals surface area contributed by atoms with Gasteiger partial charge in [0.05, 0.1) is 13.2 Å². The normalized spacial score (nSPS) is 10.4. The van der Waals surface area contributed by atoms with Crippen molar-refractivity contribution in [3.63, 3.8) is 0 Å². The number of ether oxygens (including phenoxy) is 2. The molecule has 92 valence electrons. The van der Waals surface area contributed by atoms with Crippen molar-refractivity contribution in [3.05, 3.63) is 12.2 Å². The highest BCUT2D eigenvalue weighted by atomic mass is 32.2. The predicted octanol–water partition coefficient (Wildman–Crippen LogP) is 3.65. The molecule has 0 N–H and O–H groups in total. The lowest BCUT2D eigenvalue weighted by Crippen LogP contribution is -1.96. The summed E-state index contributed by atoms with van der Waals surface area (Å²) in [5, 5.41) is 0. The average Bonchev–Trinajstić information content (AvgIpc) is 2.24. The van der Waals surface area contributed by atoms with Gasteiger partial charge in [-0.3, -0.25) is 0 Å².